The van der Waals surface area contributed by atoms with Crippen molar-refractivity contribution in [2.75, 3.05) is 5.32 Å². The number of fused-ring (bicyclic) bond motifs is 5. The smallest absolute Gasteiger partial charge is 0.182 e. The molecule has 0 radical (unpaired) electrons. The Morgan fingerprint density at radius 3 is 2.59 bits per heavy atom. The summed E-state index contributed by atoms with van der Waals surface area (Å²) >= 11 is 0. The van der Waals surface area contributed by atoms with Gasteiger partial charge in [-0.15, -0.1) is 0 Å². The molecule has 3 saturated carbocycles. The molecule has 4 unspecified atom stereocenters. The quantitative estimate of drug-likeness (QED) is 0.835. The first-order valence-electron chi connectivity index (χ1n) is 6.36. The predicted molar refractivity (Wildman–Crippen MR) is 62.0 cm³/mol. The average Bonchev–Trinajstić information content (AvgIpc) is 2.77. The van der Waals surface area contributed by atoms with Crippen molar-refractivity contribution in [1.82, 2.24) is 9.97 Å². The zero-order valence-corrected chi connectivity index (χ0v) is 9.50. The Morgan fingerprint density at radius 1 is 1.18 bits per heavy atom. The first kappa shape index (κ1) is 9.41. The third-order valence-electron chi connectivity index (χ3n) is 4.84. The SMILES string of the molecule is N#Cc1nccnc1NC1C2C3CCC(C3)C12. The van der Waals surface area contributed by atoms with Crippen molar-refractivity contribution in [3.63, 3.8) is 0 Å². The fourth-order valence-electron chi connectivity index (χ4n) is 4.20. The van der Waals surface area contributed by atoms with Crippen LogP contribution in [-0.4, -0.2) is 16.0 Å². The lowest BCUT2D eigenvalue weighted by molar-refractivity contribution is 0.456. The molecule has 4 nitrogen and oxygen atoms in total. The number of rotatable bonds is 2. The fraction of sp³-hybridized carbons (Fsp3) is 0.615. The van der Waals surface area contributed by atoms with Gasteiger partial charge in [0.25, 0.3) is 0 Å². The highest BCUT2D eigenvalue weighted by molar-refractivity contribution is 5.49. The van der Waals surface area contributed by atoms with E-state index in [9.17, 15) is 0 Å². The molecule has 3 aliphatic carbocycles. The summed E-state index contributed by atoms with van der Waals surface area (Å²) < 4.78 is 0. The normalized spacial score (nSPS) is 40.8. The van der Waals surface area contributed by atoms with Gasteiger partial charge in [-0.3, -0.25) is 0 Å². The highest BCUT2D eigenvalue weighted by Gasteiger charge is 2.65. The second-order valence-corrected chi connectivity index (χ2v) is 5.52. The average molecular weight is 226 g/mol. The van der Waals surface area contributed by atoms with Gasteiger partial charge in [0.05, 0.1) is 0 Å². The van der Waals surface area contributed by atoms with E-state index >= 15 is 0 Å². The van der Waals surface area contributed by atoms with Gasteiger partial charge in [-0.05, 0) is 42.9 Å². The maximum Gasteiger partial charge on any atom is 0.182 e. The van der Waals surface area contributed by atoms with Crippen LogP contribution < -0.4 is 5.32 Å². The number of hydrogen-bond donors (Lipinski definition) is 1. The molecule has 0 saturated heterocycles. The molecule has 4 rings (SSSR count). The van der Waals surface area contributed by atoms with Crippen LogP contribution >= 0.6 is 0 Å². The number of nitrogens with zero attached hydrogens (tertiary/aromatic N) is 3. The second kappa shape index (κ2) is 3.19. The van der Waals surface area contributed by atoms with E-state index in [1.54, 1.807) is 12.4 Å². The second-order valence-electron chi connectivity index (χ2n) is 5.52. The van der Waals surface area contributed by atoms with Crippen molar-refractivity contribution >= 4 is 5.82 Å². The number of nitrogens with one attached hydrogen (secondary N) is 1. The molecule has 1 aromatic rings. The summed E-state index contributed by atoms with van der Waals surface area (Å²) in [5.74, 6) is 4.24. The molecule has 1 N–H and O–H groups in total. The molecule has 86 valence electrons. The van der Waals surface area contributed by atoms with Crippen molar-refractivity contribution in [3.8, 4) is 6.07 Å². The minimum absolute atomic E-state index is 0.421. The zero-order valence-electron chi connectivity index (χ0n) is 9.50. The van der Waals surface area contributed by atoms with Gasteiger partial charge in [0.1, 0.15) is 6.07 Å². The highest BCUT2D eigenvalue weighted by Crippen LogP contribution is 2.66. The van der Waals surface area contributed by atoms with E-state index in [2.05, 4.69) is 21.4 Å². The molecule has 4 atom stereocenters. The Hall–Kier alpha value is -1.63. The number of aromatic nitrogens is 2. The largest absolute Gasteiger partial charge is 0.364 e. The first-order chi connectivity index (χ1) is 8.38. The van der Waals surface area contributed by atoms with Crippen LogP contribution in [0.15, 0.2) is 12.4 Å². The minimum Gasteiger partial charge on any atom is -0.364 e. The summed E-state index contributed by atoms with van der Waals surface area (Å²) in [6.45, 7) is 0. The molecule has 3 fully saturated rings. The molecule has 1 aromatic heterocycles. The predicted octanol–water partition coefficient (Wildman–Crippen LogP) is 1.80. The van der Waals surface area contributed by atoms with Crippen LogP contribution in [0.3, 0.4) is 0 Å². The Balaban J connectivity index is 1.55. The standard InChI is InChI=1S/C13H14N4/c14-6-9-13(16-4-3-15-9)17-12-10-7-1-2-8(5-7)11(10)12/h3-4,7-8,10-12H,1-2,5H2,(H,16,17). The monoisotopic (exact) mass is 226 g/mol. The van der Waals surface area contributed by atoms with Gasteiger partial charge in [0.2, 0.25) is 0 Å². The van der Waals surface area contributed by atoms with Crippen LogP contribution in [0.4, 0.5) is 5.82 Å². The Kier molecular flexibility index (Phi) is 1.77. The summed E-state index contributed by atoms with van der Waals surface area (Å²) in [5, 5.41) is 12.4. The molecular weight excluding hydrogens is 212 g/mol. The number of hydrogen-bond acceptors (Lipinski definition) is 4. The van der Waals surface area contributed by atoms with Crippen molar-refractivity contribution < 1.29 is 0 Å². The zero-order chi connectivity index (χ0) is 11.4. The lowest BCUT2D eigenvalue weighted by atomic mass is 10.0. The molecule has 2 bridgehead atoms. The molecule has 1 heterocycles. The van der Waals surface area contributed by atoms with E-state index in [0.717, 1.165) is 23.7 Å². The van der Waals surface area contributed by atoms with Crippen molar-refractivity contribution in [1.29, 1.82) is 5.26 Å². The van der Waals surface area contributed by atoms with Crippen molar-refractivity contribution in [3.05, 3.63) is 18.1 Å². The van der Waals surface area contributed by atoms with E-state index in [0.29, 0.717) is 17.6 Å². The van der Waals surface area contributed by atoms with E-state index < -0.39 is 0 Å². The third kappa shape index (κ3) is 1.22. The van der Waals surface area contributed by atoms with E-state index in [-0.39, 0.29) is 0 Å². The summed E-state index contributed by atoms with van der Waals surface area (Å²) in [6.07, 6.45) is 7.49. The Morgan fingerprint density at radius 2 is 1.88 bits per heavy atom. The third-order valence-corrected chi connectivity index (χ3v) is 4.84. The maximum absolute atomic E-state index is 8.98. The van der Waals surface area contributed by atoms with Gasteiger partial charge in [-0.25, -0.2) is 9.97 Å². The topological polar surface area (TPSA) is 61.6 Å². The molecular formula is C13H14N4. The Labute approximate surface area is 100 Å². The molecule has 4 heteroatoms. The van der Waals surface area contributed by atoms with Gasteiger partial charge < -0.3 is 5.32 Å². The number of nitriles is 1. The summed E-state index contributed by atoms with van der Waals surface area (Å²) in [6, 6.07) is 2.66. The number of anilines is 1. The fourth-order valence-corrected chi connectivity index (χ4v) is 4.20. The van der Waals surface area contributed by atoms with Crippen LogP contribution in [0.5, 0.6) is 0 Å². The van der Waals surface area contributed by atoms with Gasteiger partial charge in [0.15, 0.2) is 11.5 Å². The molecule has 0 spiro atoms. The van der Waals surface area contributed by atoms with Crippen LogP contribution in [0, 0.1) is 35.0 Å². The summed E-state index contributed by atoms with van der Waals surface area (Å²) in [5.41, 5.74) is 0.421. The van der Waals surface area contributed by atoms with Gasteiger partial charge in [-0.2, -0.15) is 5.26 Å². The lowest BCUT2D eigenvalue weighted by Gasteiger charge is -2.11. The van der Waals surface area contributed by atoms with Crippen LogP contribution in [0.2, 0.25) is 0 Å². The molecule has 0 amide bonds. The van der Waals surface area contributed by atoms with Crippen molar-refractivity contribution in [2.24, 2.45) is 23.7 Å². The molecule has 3 aliphatic rings. The molecule has 0 aliphatic heterocycles. The minimum atomic E-state index is 0.421. The van der Waals surface area contributed by atoms with Gasteiger partial charge in [0, 0.05) is 18.4 Å². The van der Waals surface area contributed by atoms with Gasteiger partial charge >= 0.3 is 0 Å². The maximum atomic E-state index is 8.98. The molecule has 17 heavy (non-hydrogen) atoms. The Bertz CT molecular complexity index is 490. The van der Waals surface area contributed by atoms with Gasteiger partial charge in [-0.1, -0.05) is 0 Å². The molecule has 0 aromatic carbocycles. The lowest BCUT2D eigenvalue weighted by Crippen LogP contribution is -2.14. The van der Waals surface area contributed by atoms with Crippen LogP contribution in [-0.2, 0) is 0 Å². The van der Waals surface area contributed by atoms with E-state index in [1.807, 2.05) is 0 Å². The van der Waals surface area contributed by atoms with Crippen molar-refractivity contribution in [2.45, 2.75) is 25.3 Å². The van der Waals surface area contributed by atoms with Crippen LogP contribution in [0.25, 0.3) is 0 Å². The summed E-state index contributed by atoms with van der Waals surface area (Å²) in [7, 11) is 0. The van der Waals surface area contributed by atoms with Crippen LogP contribution in [0.1, 0.15) is 25.0 Å². The highest BCUT2D eigenvalue weighted by atomic mass is 15.1. The van der Waals surface area contributed by atoms with E-state index in [1.165, 1.54) is 19.3 Å². The summed E-state index contributed by atoms with van der Waals surface area (Å²) in [4.78, 5) is 8.27. The van der Waals surface area contributed by atoms with E-state index in [4.69, 9.17) is 5.26 Å². The first-order valence-corrected chi connectivity index (χ1v) is 6.36.